The zero-order chi connectivity index (χ0) is 18.8. The zero-order valence-corrected chi connectivity index (χ0v) is 15.8. The Bertz CT molecular complexity index is 861. The zero-order valence-electron chi connectivity index (χ0n) is 15.8. The van der Waals surface area contributed by atoms with E-state index in [4.69, 9.17) is 0 Å². The van der Waals surface area contributed by atoms with E-state index in [2.05, 4.69) is 37.3 Å². The Labute approximate surface area is 160 Å². The fourth-order valence-corrected chi connectivity index (χ4v) is 6.71. The van der Waals surface area contributed by atoms with E-state index in [1.807, 2.05) is 0 Å². The second kappa shape index (κ2) is 6.00. The maximum absolute atomic E-state index is 10.5. The lowest BCUT2D eigenvalue weighted by Crippen LogP contribution is -2.43. The Morgan fingerprint density at radius 1 is 1.00 bits per heavy atom. The summed E-state index contributed by atoms with van der Waals surface area (Å²) in [7, 11) is 0. The highest BCUT2D eigenvalue weighted by Gasteiger charge is 2.55. The highest BCUT2D eigenvalue weighted by atomic mass is 16.3. The lowest BCUT2D eigenvalue weighted by atomic mass is 9.52. The first-order chi connectivity index (χ1) is 13.0. The van der Waals surface area contributed by atoms with Crippen molar-refractivity contribution in [2.24, 2.45) is 17.3 Å². The topological polar surface area (TPSA) is 60.7 Å². The highest BCUT2D eigenvalue weighted by Crippen LogP contribution is 2.64. The maximum Gasteiger partial charge on any atom is 0.157 e. The molecule has 3 nitrogen and oxygen atoms in total. The molecule has 0 heterocycles. The molecule has 142 valence electrons. The van der Waals surface area contributed by atoms with Crippen LogP contribution in [-0.2, 0) is 6.42 Å². The van der Waals surface area contributed by atoms with E-state index in [9.17, 15) is 15.3 Å². The summed E-state index contributed by atoms with van der Waals surface area (Å²) in [6.07, 6.45) is 4.71. The van der Waals surface area contributed by atoms with Crippen LogP contribution in [0, 0.1) is 17.3 Å². The van der Waals surface area contributed by atoms with Gasteiger partial charge >= 0.3 is 0 Å². The van der Waals surface area contributed by atoms with Gasteiger partial charge in [-0.1, -0.05) is 37.3 Å². The number of aliphatic hydroxyl groups excluding tert-OH is 1. The van der Waals surface area contributed by atoms with Crippen molar-refractivity contribution in [3.8, 4) is 11.5 Å². The monoisotopic (exact) mass is 364 g/mol. The van der Waals surface area contributed by atoms with Crippen molar-refractivity contribution in [3.05, 3.63) is 59.2 Å². The van der Waals surface area contributed by atoms with E-state index in [0.29, 0.717) is 23.7 Å². The third kappa shape index (κ3) is 2.59. The molecule has 0 saturated heterocycles. The minimum absolute atomic E-state index is 0.00884. The second-order valence-corrected chi connectivity index (χ2v) is 9.34. The van der Waals surface area contributed by atoms with Crippen LogP contribution in [0.2, 0.25) is 0 Å². The molecule has 27 heavy (non-hydrogen) atoms. The number of aliphatic hydroxyl groups is 1. The van der Waals surface area contributed by atoms with Crippen LogP contribution in [0.15, 0.2) is 42.5 Å². The van der Waals surface area contributed by atoms with Crippen molar-refractivity contribution in [1.82, 2.24) is 0 Å². The quantitative estimate of drug-likeness (QED) is 0.642. The van der Waals surface area contributed by atoms with Crippen LogP contribution in [-0.4, -0.2) is 21.4 Å². The number of aromatic hydroxyl groups is 2. The SMILES string of the molecule is C[C@]12CC[C@@H]3c4cc(O)c(O)cc4C[C@@H](c4ccccc4)[C@H]3[C@@H]1C[C@H](O)C2. The number of benzene rings is 2. The Hall–Kier alpha value is -2.00. The normalized spacial score (nSPS) is 37.3. The molecular weight excluding hydrogens is 336 g/mol. The van der Waals surface area contributed by atoms with Crippen molar-refractivity contribution in [2.75, 3.05) is 0 Å². The number of rotatable bonds is 1. The molecule has 3 heteroatoms. The van der Waals surface area contributed by atoms with Crippen molar-refractivity contribution >= 4 is 0 Å². The van der Waals surface area contributed by atoms with Crippen LogP contribution >= 0.6 is 0 Å². The molecule has 6 atom stereocenters. The van der Waals surface area contributed by atoms with Gasteiger partial charge in [0.15, 0.2) is 11.5 Å². The summed E-state index contributed by atoms with van der Waals surface area (Å²) >= 11 is 0. The van der Waals surface area contributed by atoms with Crippen LogP contribution in [0.1, 0.15) is 61.1 Å². The molecule has 2 aromatic rings. The van der Waals surface area contributed by atoms with E-state index >= 15 is 0 Å². The predicted octanol–water partition coefficient (Wildman–Crippen LogP) is 4.71. The van der Waals surface area contributed by atoms with E-state index in [-0.39, 0.29) is 23.0 Å². The van der Waals surface area contributed by atoms with Crippen LogP contribution in [0.5, 0.6) is 11.5 Å². The van der Waals surface area contributed by atoms with Gasteiger partial charge in [0.05, 0.1) is 6.10 Å². The number of hydrogen-bond acceptors (Lipinski definition) is 3. The Morgan fingerprint density at radius 2 is 1.74 bits per heavy atom. The maximum atomic E-state index is 10.5. The van der Waals surface area contributed by atoms with Crippen molar-refractivity contribution in [2.45, 2.75) is 57.0 Å². The summed E-state index contributed by atoms with van der Waals surface area (Å²) in [4.78, 5) is 0. The van der Waals surface area contributed by atoms with Crippen LogP contribution < -0.4 is 0 Å². The third-order valence-electron chi connectivity index (χ3n) is 7.85. The summed E-state index contributed by atoms with van der Waals surface area (Å²) in [6.45, 7) is 2.37. The fourth-order valence-electron chi connectivity index (χ4n) is 6.71. The molecule has 0 aliphatic heterocycles. The lowest BCUT2D eigenvalue weighted by Gasteiger charge is -2.52. The Kier molecular flexibility index (Phi) is 3.80. The Balaban J connectivity index is 1.66. The number of phenolic OH excluding ortho intramolecular Hbond substituents is 2. The third-order valence-corrected chi connectivity index (χ3v) is 7.85. The van der Waals surface area contributed by atoms with Crippen molar-refractivity contribution in [3.63, 3.8) is 0 Å². The average molecular weight is 364 g/mol. The number of hydrogen-bond donors (Lipinski definition) is 3. The number of fused-ring (bicyclic) bond motifs is 5. The van der Waals surface area contributed by atoms with Crippen molar-refractivity contribution < 1.29 is 15.3 Å². The number of phenols is 2. The average Bonchev–Trinajstić information content (AvgIpc) is 2.97. The van der Waals surface area contributed by atoms with Gasteiger partial charge in [0, 0.05) is 0 Å². The van der Waals surface area contributed by atoms with E-state index in [0.717, 1.165) is 32.1 Å². The van der Waals surface area contributed by atoms with Crippen molar-refractivity contribution in [1.29, 1.82) is 0 Å². The van der Waals surface area contributed by atoms with Crippen LogP contribution in [0.3, 0.4) is 0 Å². The minimum atomic E-state index is -0.190. The molecule has 0 radical (unpaired) electrons. The second-order valence-electron chi connectivity index (χ2n) is 9.34. The molecule has 3 N–H and O–H groups in total. The van der Waals surface area contributed by atoms with Gasteiger partial charge in [0.2, 0.25) is 0 Å². The first-order valence-corrected chi connectivity index (χ1v) is 10.2. The van der Waals surface area contributed by atoms with Crippen LogP contribution in [0.4, 0.5) is 0 Å². The molecule has 0 spiro atoms. The molecular formula is C24H28O3. The molecule has 5 rings (SSSR count). The predicted molar refractivity (Wildman–Crippen MR) is 105 cm³/mol. The Morgan fingerprint density at radius 3 is 2.52 bits per heavy atom. The van der Waals surface area contributed by atoms with E-state index in [1.54, 1.807) is 12.1 Å². The van der Waals surface area contributed by atoms with Gasteiger partial charge in [-0.2, -0.15) is 0 Å². The smallest absolute Gasteiger partial charge is 0.157 e. The highest BCUT2D eigenvalue weighted by molar-refractivity contribution is 5.50. The fraction of sp³-hybridized carbons (Fsp3) is 0.500. The first kappa shape index (κ1) is 17.1. The molecule has 0 amide bonds. The molecule has 3 aliphatic rings. The summed E-state index contributed by atoms with van der Waals surface area (Å²) in [6, 6.07) is 14.3. The van der Waals surface area contributed by atoms with Gasteiger partial charge in [-0.05, 0) is 90.0 Å². The van der Waals surface area contributed by atoms with Gasteiger partial charge in [-0.15, -0.1) is 0 Å². The first-order valence-electron chi connectivity index (χ1n) is 10.2. The summed E-state index contributed by atoms with van der Waals surface area (Å²) in [5.41, 5.74) is 3.95. The molecule has 0 unspecified atom stereocenters. The molecule has 0 bridgehead atoms. The molecule has 0 aromatic heterocycles. The lowest BCUT2D eigenvalue weighted by molar-refractivity contribution is 0.0468. The summed E-state index contributed by atoms with van der Waals surface area (Å²) in [5.74, 6) is 1.72. The van der Waals surface area contributed by atoms with E-state index < -0.39 is 0 Å². The summed E-state index contributed by atoms with van der Waals surface area (Å²) in [5, 5.41) is 30.7. The summed E-state index contributed by atoms with van der Waals surface area (Å²) < 4.78 is 0. The molecule has 2 aromatic carbocycles. The standard InChI is InChI=1S/C24H28O3/c1-24-8-7-17-18-12-22(27)21(26)10-15(18)9-19(14-5-3-2-4-6-14)23(17)20(24)11-16(25)13-24/h2-6,10,12,16-17,19-20,23,25-27H,7-9,11,13H2,1H3/t16-,17+,19-,20-,23-,24+/m0/s1. The molecule has 2 fully saturated rings. The van der Waals surface area contributed by atoms with Crippen LogP contribution in [0.25, 0.3) is 0 Å². The minimum Gasteiger partial charge on any atom is -0.504 e. The van der Waals surface area contributed by atoms with Gasteiger partial charge in [-0.3, -0.25) is 0 Å². The van der Waals surface area contributed by atoms with Gasteiger partial charge in [0.25, 0.3) is 0 Å². The van der Waals surface area contributed by atoms with Gasteiger partial charge < -0.3 is 15.3 Å². The van der Waals surface area contributed by atoms with E-state index in [1.165, 1.54) is 16.7 Å². The van der Waals surface area contributed by atoms with Gasteiger partial charge in [0.1, 0.15) is 0 Å². The largest absolute Gasteiger partial charge is 0.504 e. The van der Waals surface area contributed by atoms with Gasteiger partial charge in [-0.25, -0.2) is 0 Å². The molecule has 2 saturated carbocycles. The molecule has 3 aliphatic carbocycles.